The third-order valence-electron chi connectivity index (χ3n) is 6.29. The Kier molecular flexibility index (Phi) is 4.95. The number of fused-ring (bicyclic) bond motifs is 2. The fourth-order valence-corrected chi connectivity index (χ4v) is 4.55. The summed E-state index contributed by atoms with van der Waals surface area (Å²) in [7, 11) is 0. The molecular weight excluding hydrogens is 426 g/mol. The average Bonchev–Trinajstić information content (AvgIpc) is 3.50. The predicted octanol–water partition coefficient (Wildman–Crippen LogP) is 5.04. The first-order valence-corrected chi connectivity index (χ1v) is 11.4. The summed E-state index contributed by atoms with van der Waals surface area (Å²) in [4.78, 5) is 19.8. The Labute approximate surface area is 196 Å². The van der Waals surface area contributed by atoms with E-state index in [1.807, 2.05) is 78.6 Å². The van der Waals surface area contributed by atoms with E-state index in [0.29, 0.717) is 24.0 Å². The van der Waals surface area contributed by atoms with Gasteiger partial charge in [-0.15, -0.1) is 0 Å². The zero-order chi connectivity index (χ0) is 23.1. The molecule has 0 radical (unpaired) electrons. The van der Waals surface area contributed by atoms with Crippen LogP contribution in [0.5, 0.6) is 0 Å². The van der Waals surface area contributed by atoms with Crippen molar-refractivity contribution < 1.29 is 9.32 Å². The second-order valence-electron chi connectivity index (χ2n) is 8.59. The highest BCUT2D eigenvalue weighted by Gasteiger charge is 2.25. The number of aromatic nitrogens is 4. The molecule has 1 amide bonds. The summed E-state index contributed by atoms with van der Waals surface area (Å²) in [6.07, 6.45) is 1.95. The number of carbonyl (C=O) groups excluding carboxylic acids is 1. The second kappa shape index (κ2) is 8.26. The van der Waals surface area contributed by atoms with Crippen molar-refractivity contribution in [3.05, 3.63) is 83.9 Å². The van der Waals surface area contributed by atoms with Crippen molar-refractivity contribution in [2.45, 2.75) is 26.3 Å². The van der Waals surface area contributed by atoms with Gasteiger partial charge < -0.3 is 9.42 Å². The van der Waals surface area contributed by atoms with Crippen LogP contribution in [0.1, 0.15) is 17.5 Å². The van der Waals surface area contributed by atoms with E-state index in [2.05, 4.69) is 16.2 Å². The minimum Gasteiger partial charge on any atom is -0.332 e. The molecule has 0 saturated heterocycles. The summed E-state index contributed by atoms with van der Waals surface area (Å²) in [5.74, 6) is 0.855. The van der Waals surface area contributed by atoms with E-state index in [9.17, 15) is 4.79 Å². The van der Waals surface area contributed by atoms with Crippen LogP contribution in [0.3, 0.4) is 0 Å². The monoisotopic (exact) mass is 449 g/mol. The van der Waals surface area contributed by atoms with Gasteiger partial charge in [0, 0.05) is 23.2 Å². The van der Waals surface area contributed by atoms with Crippen molar-refractivity contribution >= 4 is 22.5 Å². The summed E-state index contributed by atoms with van der Waals surface area (Å²) < 4.78 is 7.33. The van der Waals surface area contributed by atoms with E-state index < -0.39 is 0 Å². The standard InChI is InChI=1S/C27H23N5O2/c1-18-12-14-20(15-13-18)26-28-27(34-30-26)25-21-9-3-5-11-23(21)32(29-25)17-24(33)31-16-6-8-19-7-2-4-10-22(19)31/h2-5,7,9-15H,6,8,16-17H2,1H3. The van der Waals surface area contributed by atoms with Crippen molar-refractivity contribution in [3.8, 4) is 23.0 Å². The highest BCUT2D eigenvalue weighted by atomic mass is 16.5. The molecule has 6 rings (SSSR count). The third kappa shape index (κ3) is 3.55. The fourth-order valence-electron chi connectivity index (χ4n) is 4.55. The van der Waals surface area contributed by atoms with Crippen LogP contribution < -0.4 is 4.90 Å². The lowest BCUT2D eigenvalue weighted by Gasteiger charge is -2.29. The molecule has 0 atom stereocenters. The summed E-state index contributed by atoms with van der Waals surface area (Å²) in [6, 6.07) is 23.9. The highest BCUT2D eigenvalue weighted by Crippen LogP contribution is 2.30. The lowest BCUT2D eigenvalue weighted by atomic mass is 10.0. The molecule has 2 aromatic heterocycles. The Morgan fingerprint density at radius 3 is 2.68 bits per heavy atom. The summed E-state index contributed by atoms with van der Waals surface area (Å²) in [6.45, 7) is 2.88. The van der Waals surface area contributed by atoms with Gasteiger partial charge in [-0.25, -0.2) is 0 Å². The van der Waals surface area contributed by atoms with Gasteiger partial charge in [0.25, 0.3) is 5.89 Å². The molecule has 3 aromatic carbocycles. The Morgan fingerprint density at radius 1 is 1.00 bits per heavy atom. The zero-order valence-electron chi connectivity index (χ0n) is 18.8. The van der Waals surface area contributed by atoms with Gasteiger partial charge in [-0.2, -0.15) is 10.1 Å². The fraction of sp³-hybridized carbons (Fsp3) is 0.185. The first-order chi connectivity index (χ1) is 16.7. The zero-order valence-corrected chi connectivity index (χ0v) is 18.8. The van der Waals surface area contributed by atoms with Crippen LogP contribution in [0.15, 0.2) is 77.3 Å². The normalized spacial score (nSPS) is 13.3. The first kappa shape index (κ1) is 20.4. The molecule has 0 saturated carbocycles. The van der Waals surface area contributed by atoms with Crippen LogP contribution >= 0.6 is 0 Å². The van der Waals surface area contributed by atoms with E-state index >= 15 is 0 Å². The Hall–Kier alpha value is -4.26. The molecule has 34 heavy (non-hydrogen) atoms. The Morgan fingerprint density at radius 2 is 1.79 bits per heavy atom. The van der Waals surface area contributed by atoms with E-state index in [1.165, 1.54) is 11.1 Å². The molecule has 168 valence electrons. The van der Waals surface area contributed by atoms with Gasteiger partial charge in [0.1, 0.15) is 6.54 Å². The number of carbonyl (C=O) groups is 1. The molecule has 5 aromatic rings. The molecule has 0 spiro atoms. The van der Waals surface area contributed by atoms with E-state index in [4.69, 9.17) is 9.62 Å². The van der Waals surface area contributed by atoms with Crippen molar-refractivity contribution in [1.29, 1.82) is 0 Å². The molecule has 0 aliphatic carbocycles. The van der Waals surface area contributed by atoms with E-state index in [-0.39, 0.29) is 12.5 Å². The van der Waals surface area contributed by atoms with Gasteiger partial charge >= 0.3 is 0 Å². The molecule has 0 unspecified atom stereocenters. The predicted molar refractivity (Wildman–Crippen MR) is 130 cm³/mol. The number of para-hydroxylation sites is 2. The number of nitrogens with zero attached hydrogens (tertiary/aromatic N) is 5. The lowest BCUT2D eigenvalue weighted by molar-refractivity contribution is -0.119. The van der Waals surface area contributed by atoms with Gasteiger partial charge in [0.15, 0.2) is 5.69 Å². The lowest BCUT2D eigenvalue weighted by Crippen LogP contribution is -2.37. The van der Waals surface area contributed by atoms with Crippen molar-refractivity contribution in [2.24, 2.45) is 0 Å². The highest BCUT2D eigenvalue weighted by molar-refractivity contribution is 5.97. The molecule has 0 fully saturated rings. The third-order valence-corrected chi connectivity index (χ3v) is 6.29. The van der Waals surface area contributed by atoms with Crippen LogP contribution in [0.25, 0.3) is 33.9 Å². The van der Waals surface area contributed by atoms with Crippen LogP contribution in [-0.4, -0.2) is 32.4 Å². The van der Waals surface area contributed by atoms with Gasteiger partial charge in [-0.05, 0) is 37.5 Å². The van der Waals surface area contributed by atoms with Gasteiger partial charge in [0.2, 0.25) is 11.7 Å². The second-order valence-corrected chi connectivity index (χ2v) is 8.59. The van der Waals surface area contributed by atoms with Crippen LogP contribution in [0.2, 0.25) is 0 Å². The number of hydrogen-bond donors (Lipinski definition) is 0. The molecule has 3 heterocycles. The van der Waals surface area contributed by atoms with E-state index in [0.717, 1.165) is 35.0 Å². The SMILES string of the molecule is Cc1ccc(-c2noc(-c3nn(CC(=O)N4CCCc5ccccc54)c4ccccc34)n2)cc1. The van der Waals surface area contributed by atoms with Crippen LogP contribution in [0.4, 0.5) is 5.69 Å². The smallest absolute Gasteiger partial charge is 0.279 e. The molecule has 1 aliphatic rings. The average molecular weight is 450 g/mol. The summed E-state index contributed by atoms with van der Waals surface area (Å²) >= 11 is 0. The topological polar surface area (TPSA) is 77.0 Å². The van der Waals surface area contributed by atoms with Crippen LogP contribution in [0, 0.1) is 6.92 Å². The minimum absolute atomic E-state index is 0.0119. The summed E-state index contributed by atoms with van der Waals surface area (Å²) in [5.41, 5.74) is 5.68. The minimum atomic E-state index is 0.0119. The maximum Gasteiger partial charge on any atom is 0.279 e. The molecule has 0 N–H and O–H groups in total. The molecule has 0 bridgehead atoms. The Balaban J connectivity index is 1.34. The van der Waals surface area contributed by atoms with Crippen molar-refractivity contribution in [3.63, 3.8) is 0 Å². The Bertz CT molecular complexity index is 1500. The van der Waals surface area contributed by atoms with Gasteiger partial charge in [0.05, 0.1) is 5.52 Å². The largest absolute Gasteiger partial charge is 0.332 e. The van der Waals surface area contributed by atoms with Crippen molar-refractivity contribution in [2.75, 3.05) is 11.4 Å². The van der Waals surface area contributed by atoms with Gasteiger partial charge in [-0.1, -0.05) is 71.4 Å². The number of rotatable bonds is 4. The maximum absolute atomic E-state index is 13.3. The van der Waals surface area contributed by atoms with Crippen molar-refractivity contribution in [1.82, 2.24) is 19.9 Å². The quantitative estimate of drug-likeness (QED) is 0.384. The first-order valence-electron chi connectivity index (χ1n) is 11.4. The number of benzene rings is 3. The molecule has 7 nitrogen and oxygen atoms in total. The molecule has 1 aliphatic heterocycles. The molecular formula is C27H23N5O2. The summed E-state index contributed by atoms with van der Waals surface area (Å²) in [5, 5.41) is 9.77. The number of anilines is 1. The molecule has 7 heteroatoms. The maximum atomic E-state index is 13.3. The van der Waals surface area contributed by atoms with Gasteiger partial charge in [-0.3, -0.25) is 9.48 Å². The number of aryl methyl sites for hydroxylation is 2. The van der Waals surface area contributed by atoms with E-state index in [1.54, 1.807) is 4.68 Å². The van der Waals surface area contributed by atoms with Crippen LogP contribution in [-0.2, 0) is 17.8 Å². The number of amides is 1. The number of hydrogen-bond acceptors (Lipinski definition) is 5.